The molecule has 7 heteroatoms. The van der Waals surface area contributed by atoms with Gasteiger partial charge in [-0.15, -0.1) is 0 Å². The van der Waals surface area contributed by atoms with Gasteiger partial charge in [-0.1, -0.05) is 41.4 Å². The minimum Gasteiger partial charge on any atom is -0.326 e. The summed E-state index contributed by atoms with van der Waals surface area (Å²) in [6, 6.07) is 13.6. The quantitative estimate of drug-likeness (QED) is 0.492. The van der Waals surface area contributed by atoms with Crippen molar-refractivity contribution in [3.05, 3.63) is 64.1 Å². The van der Waals surface area contributed by atoms with E-state index >= 15 is 0 Å². The van der Waals surface area contributed by atoms with Crippen molar-refractivity contribution in [1.29, 1.82) is 0 Å². The maximum atomic E-state index is 11.7. The van der Waals surface area contributed by atoms with Gasteiger partial charge in [0.25, 0.3) is 0 Å². The van der Waals surface area contributed by atoms with Crippen molar-refractivity contribution >= 4 is 46.9 Å². The lowest BCUT2D eigenvalue weighted by molar-refractivity contribution is -0.126. The molecule has 118 valence electrons. The molecular formula is C16H13Cl2N3O2. The standard InChI is InChI=1S/C16H13Cl2N3O2/c17-12-6-4-11(5-7-12)10-19-21-16(23)9-15(22)20-14-3-1-2-13(18)8-14/h1-8,10H,9H2,(H,20,22)(H,21,23)/b19-10-. The van der Waals surface area contributed by atoms with Gasteiger partial charge in [-0.25, -0.2) is 5.43 Å². The molecule has 0 atom stereocenters. The number of halogens is 2. The number of carbonyl (C=O) groups is 2. The molecule has 0 saturated carbocycles. The number of nitrogens with one attached hydrogen (secondary N) is 2. The molecule has 2 aromatic carbocycles. The minimum absolute atomic E-state index is 0.343. The number of carbonyl (C=O) groups excluding carboxylic acids is 2. The zero-order valence-electron chi connectivity index (χ0n) is 11.9. The summed E-state index contributed by atoms with van der Waals surface area (Å²) in [5, 5.41) is 7.47. The van der Waals surface area contributed by atoms with Crippen LogP contribution in [-0.4, -0.2) is 18.0 Å². The van der Waals surface area contributed by atoms with E-state index in [1.165, 1.54) is 6.21 Å². The van der Waals surface area contributed by atoms with Gasteiger partial charge in [0.15, 0.2) is 0 Å². The van der Waals surface area contributed by atoms with Crippen molar-refractivity contribution in [3.63, 3.8) is 0 Å². The number of rotatable bonds is 5. The van der Waals surface area contributed by atoms with E-state index in [0.29, 0.717) is 15.7 Å². The lowest BCUT2D eigenvalue weighted by Crippen LogP contribution is -2.24. The van der Waals surface area contributed by atoms with Crippen molar-refractivity contribution in [2.24, 2.45) is 5.10 Å². The number of nitrogens with zero attached hydrogens (tertiary/aromatic N) is 1. The first-order valence-electron chi connectivity index (χ1n) is 6.66. The molecule has 23 heavy (non-hydrogen) atoms. The summed E-state index contributed by atoms with van der Waals surface area (Å²) in [5.74, 6) is -0.971. The van der Waals surface area contributed by atoms with E-state index in [1.54, 1.807) is 48.5 Å². The van der Waals surface area contributed by atoms with E-state index in [9.17, 15) is 9.59 Å². The molecule has 2 aromatic rings. The first-order valence-corrected chi connectivity index (χ1v) is 7.41. The summed E-state index contributed by atoms with van der Waals surface area (Å²) in [6.07, 6.45) is 1.12. The summed E-state index contributed by atoms with van der Waals surface area (Å²) in [5.41, 5.74) is 3.59. The average Bonchev–Trinajstić information content (AvgIpc) is 2.49. The predicted octanol–water partition coefficient (Wildman–Crippen LogP) is 3.47. The molecule has 0 bridgehead atoms. The van der Waals surface area contributed by atoms with Crippen molar-refractivity contribution in [2.75, 3.05) is 5.32 Å². The van der Waals surface area contributed by atoms with Gasteiger partial charge in [-0.05, 0) is 35.9 Å². The van der Waals surface area contributed by atoms with Crippen LogP contribution in [0.1, 0.15) is 12.0 Å². The molecule has 0 spiro atoms. The van der Waals surface area contributed by atoms with E-state index in [4.69, 9.17) is 23.2 Å². The van der Waals surface area contributed by atoms with Crippen LogP contribution in [0.25, 0.3) is 0 Å². The second-order valence-corrected chi connectivity index (χ2v) is 5.45. The zero-order chi connectivity index (χ0) is 16.7. The number of benzene rings is 2. The van der Waals surface area contributed by atoms with Gasteiger partial charge < -0.3 is 5.32 Å². The molecule has 2 rings (SSSR count). The van der Waals surface area contributed by atoms with Crippen LogP contribution in [0.15, 0.2) is 53.6 Å². The van der Waals surface area contributed by atoms with Gasteiger partial charge in [0.2, 0.25) is 11.8 Å². The van der Waals surface area contributed by atoms with Crippen LogP contribution >= 0.6 is 23.2 Å². The Bertz CT molecular complexity index is 730. The zero-order valence-corrected chi connectivity index (χ0v) is 13.4. The molecule has 2 amide bonds. The molecule has 0 aliphatic heterocycles. The molecule has 5 nitrogen and oxygen atoms in total. The Balaban J connectivity index is 1.80. The number of amides is 2. The van der Waals surface area contributed by atoms with E-state index in [-0.39, 0.29) is 6.42 Å². The van der Waals surface area contributed by atoms with Gasteiger partial charge in [0.05, 0.1) is 6.21 Å². The SMILES string of the molecule is O=C(CC(=O)Nc1cccc(Cl)c1)N/N=C\c1ccc(Cl)cc1. The van der Waals surface area contributed by atoms with Gasteiger partial charge >= 0.3 is 0 Å². The fourth-order valence-corrected chi connectivity index (χ4v) is 2.00. The van der Waals surface area contributed by atoms with Gasteiger partial charge in [-0.2, -0.15) is 5.10 Å². The number of hydrazone groups is 1. The highest BCUT2D eigenvalue weighted by atomic mass is 35.5. The Morgan fingerprint density at radius 1 is 1.00 bits per heavy atom. The lowest BCUT2D eigenvalue weighted by Gasteiger charge is -2.04. The maximum absolute atomic E-state index is 11.7. The Hall–Kier alpha value is -2.37. The summed E-state index contributed by atoms with van der Waals surface area (Å²) >= 11 is 11.6. The van der Waals surface area contributed by atoms with Crippen LogP contribution in [-0.2, 0) is 9.59 Å². The number of hydrogen-bond acceptors (Lipinski definition) is 3. The topological polar surface area (TPSA) is 70.6 Å². The maximum Gasteiger partial charge on any atom is 0.249 e. The fourth-order valence-electron chi connectivity index (χ4n) is 1.68. The molecule has 0 aliphatic rings. The van der Waals surface area contributed by atoms with Gasteiger partial charge in [0, 0.05) is 15.7 Å². The lowest BCUT2D eigenvalue weighted by atomic mass is 10.2. The van der Waals surface area contributed by atoms with Crippen molar-refractivity contribution in [3.8, 4) is 0 Å². The number of anilines is 1. The minimum atomic E-state index is -0.519. The second kappa shape index (κ2) is 8.31. The monoisotopic (exact) mass is 349 g/mol. The largest absolute Gasteiger partial charge is 0.326 e. The van der Waals surface area contributed by atoms with E-state index < -0.39 is 11.8 Å². The van der Waals surface area contributed by atoms with E-state index in [2.05, 4.69) is 15.8 Å². The van der Waals surface area contributed by atoms with Crippen LogP contribution in [0.4, 0.5) is 5.69 Å². The molecule has 0 radical (unpaired) electrons. The highest BCUT2D eigenvalue weighted by Gasteiger charge is 2.09. The fraction of sp³-hybridized carbons (Fsp3) is 0.0625. The van der Waals surface area contributed by atoms with Gasteiger partial charge in [-0.3, -0.25) is 9.59 Å². The van der Waals surface area contributed by atoms with Crippen molar-refractivity contribution in [2.45, 2.75) is 6.42 Å². The van der Waals surface area contributed by atoms with Gasteiger partial charge in [0.1, 0.15) is 6.42 Å². The van der Waals surface area contributed by atoms with E-state index in [0.717, 1.165) is 5.56 Å². The first kappa shape index (κ1) is 17.0. The third kappa shape index (κ3) is 6.10. The highest BCUT2D eigenvalue weighted by Crippen LogP contribution is 2.14. The molecule has 2 N–H and O–H groups in total. The summed E-state index contributed by atoms with van der Waals surface area (Å²) in [4.78, 5) is 23.3. The molecule has 0 saturated heterocycles. The normalized spacial score (nSPS) is 10.5. The van der Waals surface area contributed by atoms with Crippen LogP contribution in [0.5, 0.6) is 0 Å². The Labute approximate surface area is 143 Å². The Morgan fingerprint density at radius 3 is 2.43 bits per heavy atom. The molecule has 0 aliphatic carbocycles. The predicted molar refractivity (Wildman–Crippen MR) is 91.9 cm³/mol. The number of hydrogen-bond donors (Lipinski definition) is 2. The van der Waals surface area contributed by atoms with Crippen molar-refractivity contribution in [1.82, 2.24) is 5.43 Å². The second-order valence-electron chi connectivity index (χ2n) is 4.58. The van der Waals surface area contributed by atoms with E-state index in [1.807, 2.05) is 0 Å². The molecule has 0 aromatic heterocycles. The third-order valence-electron chi connectivity index (χ3n) is 2.70. The highest BCUT2D eigenvalue weighted by molar-refractivity contribution is 6.31. The molecule has 0 heterocycles. The van der Waals surface area contributed by atoms with Crippen LogP contribution < -0.4 is 10.7 Å². The molecule has 0 unspecified atom stereocenters. The summed E-state index contributed by atoms with van der Waals surface area (Å²) < 4.78 is 0. The summed E-state index contributed by atoms with van der Waals surface area (Å²) in [6.45, 7) is 0. The average molecular weight is 350 g/mol. The van der Waals surface area contributed by atoms with Crippen LogP contribution in [0.3, 0.4) is 0 Å². The Kier molecular flexibility index (Phi) is 6.14. The molecule has 0 fully saturated rings. The van der Waals surface area contributed by atoms with Crippen LogP contribution in [0, 0.1) is 0 Å². The Morgan fingerprint density at radius 2 is 1.74 bits per heavy atom. The smallest absolute Gasteiger partial charge is 0.249 e. The van der Waals surface area contributed by atoms with Crippen LogP contribution in [0.2, 0.25) is 10.0 Å². The third-order valence-corrected chi connectivity index (χ3v) is 3.19. The summed E-state index contributed by atoms with van der Waals surface area (Å²) in [7, 11) is 0. The van der Waals surface area contributed by atoms with Crippen molar-refractivity contribution < 1.29 is 9.59 Å². The molecular weight excluding hydrogens is 337 g/mol. The first-order chi connectivity index (χ1) is 11.0.